The number of rotatable bonds is 8. The third-order valence-electron chi connectivity index (χ3n) is 3.63. The van der Waals surface area contributed by atoms with Gasteiger partial charge >= 0.3 is 6.03 Å². The number of nitrogens with zero attached hydrogens (tertiary/aromatic N) is 3. The van der Waals surface area contributed by atoms with E-state index in [0.29, 0.717) is 25.5 Å². The van der Waals surface area contributed by atoms with Crippen LogP contribution in [0, 0.1) is 6.92 Å². The molecule has 2 aromatic rings. The summed E-state index contributed by atoms with van der Waals surface area (Å²) >= 11 is 0. The number of carbonyl (C=O) groups excluding carboxylic acids is 1. The maximum absolute atomic E-state index is 12.5. The predicted octanol–water partition coefficient (Wildman–Crippen LogP) is 2.55. The fraction of sp³-hybridized carbons (Fsp3) is 0.389. The van der Waals surface area contributed by atoms with Crippen LogP contribution in [0.1, 0.15) is 30.2 Å². The molecule has 1 atom stereocenters. The van der Waals surface area contributed by atoms with Crippen molar-refractivity contribution in [3.8, 4) is 0 Å². The van der Waals surface area contributed by atoms with Crippen molar-refractivity contribution in [2.75, 3.05) is 26.8 Å². The molecule has 1 aromatic carbocycles. The third-order valence-corrected chi connectivity index (χ3v) is 3.63. The number of benzene rings is 1. The van der Waals surface area contributed by atoms with Gasteiger partial charge < -0.3 is 15.0 Å². The third kappa shape index (κ3) is 6.04. The normalized spacial score (nSPS) is 12.3. The van der Waals surface area contributed by atoms with Crippen LogP contribution in [0.2, 0.25) is 0 Å². The van der Waals surface area contributed by atoms with E-state index in [2.05, 4.69) is 20.5 Å². The van der Waals surface area contributed by atoms with Gasteiger partial charge in [-0.15, -0.1) is 0 Å². The van der Waals surface area contributed by atoms with Crippen molar-refractivity contribution in [3.63, 3.8) is 0 Å². The Morgan fingerprint density at radius 1 is 1.40 bits per heavy atom. The monoisotopic (exact) mass is 343 g/mol. The average Bonchev–Trinajstić information content (AvgIpc) is 3.05. The van der Waals surface area contributed by atoms with Crippen LogP contribution in [0.4, 0.5) is 4.79 Å². The standard InChI is InChI=1S/C18H25N5O2/c1-14(17-20-15(2)21-22-17)19-18(24)23(12-13-25-3)11-7-10-16-8-5-4-6-9-16/h4-10,14H,11-13H2,1-3H3,(H,19,24)(H,20,21,22)/b10-7+/t14-/m0/s1. The molecule has 25 heavy (non-hydrogen) atoms. The summed E-state index contributed by atoms with van der Waals surface area (Å²) in [7, 11) is 1.62. The quantitative estimate of drug-likeness (QED) is 0.771. The van der Waals surface area contributed by atoms with E-state index < -0.39 is 0 Å². The second-order valence-electron chi connectivity index (χ2n) is 5.70. The molecule has 2 amide bonds. The molecule has 134 valence electrons. The van der Waals surface area contributed by atoms with E-state index in [0.717, 1.165) is 11.4 Å². The first-order valence-electron chi connectivity index (χ1n) is 8.25. The van der Waals surface area contributed by atoms with Gasteiger partial charge in [0.1, 0.15) is 5.82 Å². The van der Waals surface area contributed by atoms with Crippen LogP contribution < -0.4 is 5.32 Å². The van der Waals surface area contributed by atoms with E-state index in [9.17, 15) is 4.79 Å². The zero-order valence-corrected chi connectivity index (χ0v) is 14.9. The molecular weight excluding hydrogens is 318 g/mol. The number of methoxy groups -OCH3 is 1. The molecule has 7 heteroatoms. The molecule has 0 radical (unpaired) electrons. The number of hydrogen-bond acceptors (Lipinski definition) is 4. The summed E-state index contributed by atoms with van der Waals surface area (Å²) in [5.41, 5.74) is 1.10. The Morgan fingerprint density at radius 2 is 2.16 bits per heavy atom. The molecule has 1 aromatic heterocycles. The van der Waals surface area contributed by atoms with E-state index in [-0.39, 0.29) is 12.1 Å². The van der Waals surface area contributed by atoms with Crippen molar-refractivity contribution in [2.24, 2.45) is 0 Å². The number of amides is 2. The number of aryl methyl sites for hydroxylation is 1. The molecule has 0 aliphatic carbocycles. The van der Waals surface area contributed by atoms with Crippen molar-refractivity contribution in [3.05, 3.63) is 53.6 Å². The van der Waals surface area contributed by atoms with Crippen molar-refractivity contribution >= 4 is 12.1 Å². The molecule has 7 nitrogen and oxygen atoms in total. The topological polar surface area (TPSA) is 83.1 Å². The molecule has 0 saturated carbocycles. The number of nitrogens with one attached hydrogen (secondary N) is 2. The number of urea groups is 1. The number of hydrogen-bond donors (Lipinski definition) is 2. The second kappa shape index (κ2) is 9.58. The fourth-order valence-electron chi connectivity index (χ4n) is 2.25. The minimum absolute atomic E-state index is 0.176. The Kier molecular flexibility index (Phi) is 7.16. The lowest BCUT2D eigenvalue weighted by Gasteiger charge is -2.23. The summed E-state index contributed by atoms with van der Waals surface area (Å²) in [6.45, 7) is 5.14. The van der Waals surface area contributed by atoms with Crippen LogP contribution in [-0.2, 0) is 4.74 Å². The largest absolute Gasteiger partial charge is 0.383 e. The van der Waals surface area contributed by atoms with Crippen LogP contribution in [0.3, 0.4) is 0 Å². The van der Waals surface area contributed by atoms with Gasteiger partial charge in [-0.3, -0.25) is 5.10 Å². The fourth-order valence-corrected chi connectivity index (χ4v) is 2.25. The van der Waals surface area contributed by atoms with Gasteiger partial charge in [-0.2, -0.15) is 5.10 Å². The summed E-state index contributed by atoms with van der Waals surface area (Å²) < 4.78 is 5.10. The van der Waals surface area contributed by atoms with Crippen LogP contribution in [-0.4, -0.2) is 52.9 Å². The highest BCUT2D eigenvalue weighted by atomic mass is 16.5. The minimum atomic E-state index is -0.277. The Labute approximate surface area is 148 Å². The molecule has 0 aliphatic rings. The molecule has 1 heterocycles. The lowest BCUT2D eigenvalue weighted by atomic mass is 10.2. The SMILES string of the molecule is COCCN(C/C=C/c1ccccc1)C(=O)N[C@@H](C)c1n[nH]c(C)n1. The van der Waals surface area contributed by atoms with Gasteiger partial charge in [0.2, 0.25) is 0 Å². The maximum atomic E-state index is 12.5. The molecule has 0 aliphatic heterocycles. The Morgan fingerprint density at radius 3 is 2.80 bits per heavy atom. The van der Waals surface area contributed by atoms with Gasteiger partial charge in [0.25, 0.3) is 0 Å². The van der Waals surface area contributed by atoms with Gasteiger partial charge in [0.15, 0.2) is 5.82 Å². The summed E-state index contributed by atoms with van der Waals surface area (Å²) in [4.78, 5) is 18.5. The first-order valence-corrected chi connectivity index (χ1v) is 8.25. The second-order valence-corrected chi connectivity index (χ2v) is 5.70. The Hall–Kier alpha value is -2.67. The summed E-state index contributed by atoms with van der Waals surface area (Å²) in [5, 5.41) is 9.79. The number of aromatic amines is 1. The first-order chi connectivity index (χ1) is 12.1. The molecule has 0 unspecified atom stereocenters. The zero-order chi connectivity index (χ0) is 18.1. The summed E-state index contributed by atoms with van der Waals surface area (Å²) in [5.74, 6) is 1.29. The van der Waals surface area contributed by atoms with Gasteiger partial charge in [0, 0.05) is 20.2 Å². The van der Waals surface area contributed by atoms with Gasteiger partial charge in [-0.1, -0.05) is 42.5 Å². The molecule has 0 spiro atoms. The highest BCUT2D eigenvalue weighted by molar-refractivity contribution is 5.75. The van der Waals surface area contributed by atoms with E-state index in [4.69, 9.17) is 4.74 Å². The van der Waals surface area contributed by atoms with Crippen molar-refractivity contribution in [2.45, 2.75) is 19.9 Å². The zero-order valence-electron chi connectivity index (χ0n) is 14.9. The highest BCUT2D eigenvalue weighted by Crippen LogP contribution is 2.07. The van der Waals surface area contributed by atoms with Gasteiger partial charge in [0.05, 0.1) is 12.6 Å². The van der Waals surface area contributed by atoms with E-state index >= 15 is 0 Å². The summed E-state index contributed by atoms with van der Waals surface area (Å²) in [6, 6.07) is 9.52. The smallest absolute Gasteiger partial charge is 0.318 e. The van der Waals surface area contributed by atoms with E-state index in [1.807, 2.05) is 56.3 Å². The average molecular weight is 343 g/mol. The van der Waals surface area contributed by atoms with Gasteiger partial charge in [-0.25, -0.2) is 9.78 Å². The maximum Gasteiger partial charge on any atom is 0.318 e. The predicted molar refractivity (Wildman–Crippen MR) is 97.0 cm³/mol. The first kappa shape index (κ1) is 18.7. The molecule has 0 bridgehead atoms. The lowest BCUT2D eigenvalue weighted by molar-refractivity contribution is 0.152. The van der Waals surface area contributed by atoms with E-state index in [1.54, 1.807) is 12.0 Å². The number of H-pyrrole nitrogens is 1. The molecular formula is C18H25N5O2. The minimum Gasteiger partial charge on any atom is -0.383 e. The number of ether oxygens (including phenoxy) is 1. The van der Waals surface area contributed by atoms with Crippen molar-refractivity contribution < 1.29 is 9.53 Å². The van der Waals surface area contributed by atoms with E-state index in [1.165, 1.54) is 0 Å². The molecule has 2 rings (SSSR count). The lowest BCUT2D eigenvalue weighted by Crippen LogP contribution is -2.42. The van der Waals surface area contributed by atoms with Gasteiger partial charge in [-0.05, 0) is 19.4 Å². The molecule has 2 N–H and O–H groups in total. The molecule has 0 saturated heterocycles. The number of aromatic nitrogens is 3. The highest BCUT2D eigenvalue weighted by Gasteiger charge is 2.17. The van der Waals surface area contributed by atoms with Crippen molar-refractivity contribution in [1.82, 2.24) is 25.4 Å². The Bertz CT molecular complexity index is 684. The van der Waals surface area contributed by atoms with Crippen LogP contribution in [0.5, 0.6) is 0 Å². The number of carbonyl (C=O) groups is 1. The van der Waals surface area contributed by atoms with Crippen LogP contribution >= 0.6 is 0 Å². The van der Waals surface area contributed by atoms with Crippen LogP contribution in [0.25, 0.3) is 6.08 Å². The van der Waals surface area contributed by atoms with Crippen molar-refractivity contribution in [1.29, 1.82) is 0 Å². The summed E-state index contributed by atoms with van der Waals surface area (Å²) in [6.07, 6.45) is 3.96. The van der Waals surface area contributed by atoms with Crippen LogP contribution in [0.15, 0.2) is 36.4 Å². The molecule has 0 fully saturated rings. The Balaban J connectivity index is 1.95.